The van der Waals surface area contributed by atoms with Crippen LogP contribution in [0.3, 0.4) is 0 Å². The van der Waals surface area contributed by atoms with Crippen LogP contribution in [-0.2, 0) is 6.30 Å². The van der Waals surface area contributed by atoms with E-state index >= 15 is 0 Å². The van der Waals surface area contributed by atoms with Gasteiger partial charge >= 0.3 is 6.30 Å². The summed E-state index contributed by atoms with van der Waals surface area (Å²) < 4.78 is 53.0. The predicted octanol–water partition coefficient (Wildman–Crippen LogP) is 4.03. The maximum atomic E-state index is 14.6. The Morgan fingerprint density at radius 2 is 1.97 bits per heavy atom. The molecule has 0 bridgehead atoms. The van der Waals surface area contributed by atoms with Crippen LogP contribution in [0.4, 0.5) is 23.4 Å². The SMILES string of the molecule is Cc1cc(F)c(C(=O)Nc2cccc(C(=N)N(N)C(C)C)n2)cc1-c1cnn(C(F)(F)F)c1. The number of carbonyl (C=O) groups is 1. The van der Waals surface area contributed by atoms with Gasteiger partial charge in [-0.2, -0.15) is 9.78 Å². The number of alkyl halides is 3. The molecule has 174 valence electrons. The molecule has 12 heteroatoms. The molecule has 3 aromatic rings. The van der Waals surface area contributed by atoms with Gasteiger partial charge in [0, 0.05) is 17.8 Å². The quantitative estimate of drug-likeness (QED) is 0.174. The molecule has 0 atom stereocenters. The Balaban J connectivity index is 1.89. The van der Waals surface area contributed by atoms with Crippen LogP contribution in [-0.4, -0.2) is 37.6 Å². The van der Waals surface area contributed by atoms with E-state index in [-0.39, 0.29) is 44.8 Å². The average Bonchev–Trinajstić information content (AvgIpc) is 3.23. The minimum atomic E-state index is -4.70. The molecule has 0 fully saturated rings. The normalized spacial score (nSPS) is 11.5. The number of nitrogens with one attached hydrogen (secondary N) is 2. The fourth-order valence-corrected chi connectivity index (χ4v) is 2.97. The number of nitrogens with zero attached hydrogens (tertiary/aromatic N) is 4. The zero-order chi connectivity index (χ0) is 24.5. The van der Waals surface area contributed by atoms with Crippen molar-refractivity contribution in [3.05, 3.63) is 65.4 Å². The maximum absolute atomic E-state index is 14.6. The van der Waals surface area contributed by atoms with Crippen LogP contribution >= 0.6 is 0 Å². The summed E-state index contributed by atoms with van der Waals surface area (Å²) in [6.45, 7) is 5.08. The molecular formula is C21H21F4N7O. The van der Waals surface area contributed by atoms with Crippen molar-refractivity contribution in [3.63, 3.8) is 0 Å². The third kappa shape index (κ3) is 5.17. The van der Waals surface area contributed by atoms with E-state index in [0.29, 0.717) is 5.56 Å². The van der Waals surface area contributed by atoms with Gasteiger partial charge in [0.1, 0.15) is 17.3 Å². The van der Waals surface area contributed by atoms with Gasteiger partial charge in [-0.25, -0.2) is 15.2 Å². The Labute approximate surface area is 186 Å². The lowest BCUT2D eigenvalue weighted by molar-refractivity contribution is -0.212. The lowest BCUT2D eigenvalue weighted by Crippen LogP contribution is -2.43. The number of rotatable bonds is 5. The number of amidine groups is 1. The zero-order valence-electron chi connectivity index (χ0n) is 17.9. The highest BCUT2D eigenvalue weighted by Crippen LogP contribution is 2.29. The standard InChI is InChI=1S/C21H21F4N7O/c1-11(2)32(27)19(26)17-5-4-6-18(29-17)30-20(33)15-8-14(12(3)7-16(15)22)13-9-28-31(10-13)21(23,24)25/h4-11,26H,27H2,1-3H3,(H,29,30,33). The van der Waals surface area contributed by atoms with Gasteiger partial charge in [-0.15, -0.1) is 13.2 Å². The molecule has 0 radical (unpaired) electrons. The minimum absolute atomic E-state index is 0.0471. The third-order valence-electron chi connectivity index (χ3n) is 4.76. The van der Waals surface area contributed by atoms with Gasteiger partial charge in [0.25, 0.3) is 5.91 Å². The van der Waals surface area contributed by atoms with Crippen LogP contribution in [0.5, 0.6) is 0 Å². The average molecular weight is 463 g/mol. The Kier molecular flexibility index (Phi) is 6.49. The number of benzene rings is 1. The van der Waals surface area contributed by atoms with Crippen molar-refractivity contribution in [1.82, 2.24) is 19.8 Å². The Hall–Kier alpha value is -3.80. The lowest BCUT2D eigenvalue weighted by Gasteiger charge is -2.23. The van der Waals surface area contributed by atoms with Crippen LogP contribution in [0.25, 0.3) is 11.1 Å². The highest BCUT2D eigenvalue weighted by Gasteiger charge is 2.32. The molecule has 0 aliphatic rings. The number of aromatic nitrogens is 3. The molecule has 8 nitrogen and oxygen atoms in total. The highest BCUT2D eigenvalue weighted by atomic mass is 19.4. The van der Waals surface area contributed by atoms with E-state index in [1.165, 1.54) is 24.1 Å². The first-order valence-corrected chi connectivity index (χ1v) is 9.72. The summed E-state index contributed by atoms with van der Waals surface area (Å²) in [7, 11) is 0. The van der Waals surface area contributed by atoms with Crippen LogP contribution in [0.15, 0.2) is 42.7 Å². The van der Waals surface area contributed by atoms with Crippen molar-refractivity contribution < 1.29 is 22.4 Å². The fourth-order valence-electron chi connectivity index (χ4n) is 2.97. The molecule has 1 aromatic carbocycles. The van der Waals surface area contributed by atoms with Gasteiger partial charge in [0.05, 0.1) is 11.8 Å². The summed E-state index contributed by atoms with van der Waals surface area (Å²) in [5.74, 6) is 4.08. The Morgan fingerprint density at radius 3 is 2.58 bits per heavy atom. The van der Waals surface area contributed by atoms with E-state index in [1.807, 2.05) is 0 Å². The maximum Gasteiger partial charge on any atom is 0.504 e. The van der Waals surface area contributed by atoms with Crippen LogP contribution in [0.2, 0.25) is 0 Å². The molecule has 1 amide bonds. The van der Waals surface area contributed by atoms with E-state index in [2.05, 4.69) is 15.4 Å². The lowest BCUT2D eigenvalue weighted by atomic mass is 9.99. The summed E-state index contributed by atoms with van der Waals surface area (Å²) in [5, 5.41) is 15.0. The summed E-state index contributed by atoms with van der Waals surface area (Å²) in [6, 6.07) is 6.57. The molecule has 0 saturated carbocycles. The summed E-state index contributed by atoms with van der Waals surface area (Å²) in [6.07, 6.45) is -2.96. The minimum Gasteiger partial charge on any atom is -0.306 e. The van der Waals surface area contributed by atoms with Crippen LogP contribution in [0.1, 0.15) is 35.5 Å². The van der Waals surface area contributed by atoms with Gasteiger partial charge in [0.2, 0.25) is 0 Å². The monoisotopic (exact) mass is 463 g/mol. The summed E-state index contributed by atoms with van der Waals surface area (Å²) >= 11 is 0. The summed E-state index contributed by atoms with van der Waals surface area (Å²) in [4.78, 5) is 16.9. The molecule has 0 aliphatic heterocycles. The summed E-state index contributed by atoms with van der Waals surface area (Å²) in [5.41, 5.74) is 0.422. The van der Waals surface area contributed by atoms with Crippen LogP contribution < -0.4 is 11.2 Å². The van der Waals surface area contributed by atoms with Crippen molar-refractivity contribution in [2.45, 2.75) is 33.1 Å². The van der Waals surface area contributed by atoms with Gasteiger partial charge in [-0.3, -0.25) is 15.2 Å². The van der Waals surface area contributed by atoms with E-state index in [4.69, 9.17) is 11.3 Å². The first-order chi connectivity index (χ1) is 15.4. The molecule has 4 N–H and O–H groups in total. The Bertz CT molecular complexity index is 1200. The topological polar surface area (TPSA) is 113 Å². The second-order valence-corrected chi connectivity index (χ2v) is 7.50. The van der Waals surface area contributed by atoms with Crippen molar-refractivity contribution in [1.29, 1.82) is 5.41 Å². The molecule has 0 aliphatic carbocycles. The molecule has 2 heterocycles. The zero-order valence-corrected chi connectivity index (χ0v) is 17.9. The first kappa shape index (κ1) is 23.9. The molecule has 2 aromatic heterocycles. The number of anilines is 1. The highest BCUT2D eigenvalue weighted by molar-refractivity contribution is 6.05. The van der Waals surface area contributed by atoms with Gasteiger partial charge in [-0.05, 0) is 56.2 Å². The predicted molar refractivity (Wildman–Crippen MR) is 114 cm³/mol. The van der Waals surface area contributed by atoms with Gasteiger partial charge in [0.15, 0.2) is 5.84 Å². The molecular weight excluding hydrogens is 442 g/mol. The van der Waals surface area contributed by atoms with Crippen molar-refractivity contribution in [3.8, 4) is 11.1 Å². The number of pyridine rings is 1. The number of hydrazine groups is 1. The first-order valence-electron chi connectivity index (χ1n) is 9.72. The number of carbonyl (C=O) groups excluding carboxylic acids is 1. The van der Waals surface area contributed by atoms with Crippen molar-refractivity contribution in [2.24, 2.45) is 5.84 Å². The second kappa shape index (κ2) is 8.98. The molecule has 3 rings (SSSR count). The van der Waals surface area contributed by atoms with E-state index in [0.717, 1.165) is 24.5 Å². The van der Waals surface area contributed by atoms with E-state index in [1.54, 1.807) is 19.9 Å². The molecule has 33 heavy (non-hydrogen) atoms. The van der Waals surface area contributed by atoms with Crippen molar-refractivity contribution >= 4 is 17.6 Å². The smallest absolute Gasteiger partial charge is 0.306 e. The van der Waals surface area contributed by atoms with Crippen molar-refractivity contribution in [2.75, 3.05) is 5.32 Å². The molecule has 0 spiro atoms. The fraction of sp³-hybridized carbons (Fsp3) is 0.238. The third-order valence-corrected chi connectivity index (χ3v) is 4.76. The Morgan fingerprint density at radius 1 is 1.27 bits per heavy atom. The number of nitrogens with two attached hydrogens (primary N) is 1. The second-order valence-electron chi connectivity index (χ2n) is 7.50. The van der Waals surface area contributed by atoms with Gasteiger partial charge in [-0.1, -0.05) is 6.07 Å². The van der Waals surface area contributed by atoms with E-state index in [9.17, 15) is 22.4 Å². The molecule has 0 unspecified atom stereocenters. The van der Waals surface area contributed by atoms with E-state index < -0.39 is 18.0 Å². The number of amides is 1. The number of hydrogen-bond acceptors (Lipinski definition) is 5. The van der Waals surface area contributed by atoms with Gasteiger partial charge < -0.3 is 5.32 Å². The molecule has 0 saturated heterocycles. The van der Waals surface area contributed by atoms with Crippen LogP contribution in [0, 0.1) is 18.2 Å². The largest absolute Gasteiger partial charge is 0.504 e. The number of halogens is 4. The number of hydrogen-bond donors (Lipinski definition) is 3. The number of aryl methyl sites for hydroxylation is 1.